The Balaban J connectivity index is 0.00000220. The second-order valence-electron chi connectivity index (χ2n) is 5.94. The first-order valence-electron chi connectivity index (χ1n) is 7.62. The Kier molecular flexibility index (Phi) is 7.20. The van der Waals surface area contributed by atoms with Crippen LogP contribution in [0.4, 0.5) is 0 Å². The number of rotatable bonds is 5. The average molecular weight is 293 g/mol. The Morgan fingerprint density at radius 3 is 2.24 bits per heavy atom. The van der Waals surface area contributed by atoms with E-state index >= 15 is 0 Å². The summed E-state index contributed by atoms with van der Waals surface area (Å²) in [6.07, 6.45) is 0. The molecule has 0 aromatic heterocycles. The molecule has 0 N–H and O–H groups in total. The number of hydrogen-bond acceptors (Lipinski definition) is 3. The van der Waals surface area contributed by atoms with E-state index in [-0.39, 0.29) is 7.43 Å². The number of aryl methyl sites for hydroxylation is 2. The van der Waals surface area contributed by atoms with Crippen LogP contribution in [0.5, 0.6) is 5.75 Å². The fourth-order valence-electron chi connectivity index (χ4n) is 2.65. The summed E-state index contributed by atoms with van der Waals surface area (Å²) in [7, 11) is 0. The molecule has 1 aromatic rings. The molecule has 1 aliphatic heterocycles. The summed E-state index contributed by atoms with van der Waals surface area (Å²) >= 11 is 0. The molecule has 3 heteroatoms. The van der Waals surface area contributed by atoms with Crippen LogP contribution in [0, 0.1) is 13.8 Å². The molecule has 0 unspecified atom stereocenters. The predicted octanol–water partition coefficient (Wildman–Crippen LogP) is 3.77. The molecule has 0 bridgehead atoms. The van der Waals surface area contributed by atoms with Gasteiger partial charge < -0.3 is 9.47 Å². The van der Waals surface area contributed by atoms with Crippen molar-refractivity contribution in [3.8, 4) is 5.75 Å². The standard InChI is InChI=1S/C17H27NO2.CH4/c1-13(2)16-11-14(3)17(15(4)12-16)20-10-7-18-5-8-19-9-6-18;/h11-13H,5-10H2,1-4H3;1H4. The minimum Gasteiger partial charge on any atom is -0.492 e. The fraction of sp³-hybridized carbons (Fsp3) is 0.667. The Labute approximate surface area is 130 Å². The lowest BCUT2D eigenvalue weighted by atomic mass is 9.98. The number of morpholine rings is 1. The van der Waals surface area contributed by atoms with Crippen molar-refractivity contribution in [2.45, 2.75) is 41.0 Å². The highest BCUT2D eigenvalue weighted by Crippen LogP contribution is 2.28. The topological polar surface area (TPSA) is 21.7 Å². The summed E-state index contributed by atoms with van der Waals surface area (Å²) in [5.41, 5.74) is 3.88. The smallest absolute Gasteiger partial charge is 0.125 e. The molecule has 0 spiro atoms. The van der Waals surface area contributed by atoms with Gasteiger partial charge in [0.2, 0.25) is 0 Å². The highest BCUT2D eigenvalue weighted by Gasteiger charge is 2.12. The molecule has 0 aliphatic carbocycles. The van der Waals surface area contributed by atoms with Gasteiger partial charge >= 0.3 is 0 Å². The van der Waals surface area contributed by atoms with Crippen molar-refractivity contribution in [2.75, 3.05) is 39.5 Å². The van der Waals surface area contributed by atoms with Crippen molar-refractivity contribution < 1.29 is 9.47 Å². The lowest BCUT2D eigenvalue weighted by Gasteiger charge is -2.26. The molecule has 0 amide bonds. The van der Waals surface area contributed by atoms with Crippen molar-refractivity contribution in [3.63, 3.8) is 0 Å². The second-order valence-corrected chi connectivity index (χ2v) is 5.94. The zero-order valence-electron chi connectivity index (χ0n) is 13.2. The van der Waals surface area contributed by atoms with Crippen LogP contribution in [0.3, 0.4) is 0 Å². The Morgan fingerprint density at radius 1 is 1.14 bits per heavy atom. The number of benzene rings is 1. The first-order chi connectivity index (χ1) is 9.58. The fourth-order valence-corrected chi connectivity index (χ4v) is 2.65. The van der Waals surface area contributed by atoms with Gasteiger partial charge in [-0.1, -0.05) is 33.4 Å². The van der Waals surface area contributed by atoms with Gasteiger partial charge in [-0.25, -0.2) is 0 Å². The van der Waals surface area contributed by atoms with E-state index < -0.39 is 0 Å². The molecule has 1 heterocycles. The summed E-state index contributed by atoms with van der Waals surface area (Å²) in [6.45, 7) is 14.2. The molecule has 0 radical (unpaired) electrons. The molecule has 1 saturated heterocycles. The lowest BCUT2D eigenvalue weighted by molar-refractivity contribution is 0.0322. The van der Waals surface area contributed by atoms with Crippen LogP contribution in [0.25, 0.3) is 0 Å². The first-order valence-corrected chi connectivity index (χ1v) is 7.62. The number of hydrogen-bond donors (Lipinski definition) is 0. The third-order valence-electron chi connectivity index (χ3n) is 3.91. The summed E-state index contributed by atoms with van der Waals surface area (Å²) in [4.78, 5) is 2.40. The van der Waals surface area contributed by atoms with Gasteiger partial charge in [0, 0.05) is 19.6 Å². The maximum absolute atomic E-state index is 6.02. The molecular formula is C18H31NO2. The maximum atomic E-state index is 6.02. The quantitative estimate of drug-likeness (QED) is 0.825. The van der Waals surface area contributed by atoms with E-state index in [9.17, 15) is 0 Å². The summed E-state index contributed by atoms with van der Waals surface area (Å²) in [6, 6.07) is 4.50. The van der Waals surface area contributed by atoms with Crippen molar-refractivity contribution >= 4 is 0 Å². The normalized spacial score (nSPS) is 15.9. The number of nitrogens with zero attached hydrogens (tertiary/aromatic N) is 1. The van der Waals surface area contributed by atoms with Crippen molar-refractivity contribution in [3.05, 3.63) is 28.8 Å². The van der Waals surface area contributed by atoms with E-state index in [0.29, 0.717) is 5.92 Å². The largest absolute Gasteiger partial charge is 0.492 e. The monoisotopic (exact) mass is 293 g/mol. The first kappa shape index (κ1) is 18.0. The highest BCUT2D eigenvalue weighted by atomic mass is 16.5. The second kappa shape index (κ2) is 8.40. The van der Waals surface area contributed by atoms with Crippen molar-refractivity contribution in [1.82, 2.24) is 4.90 Å². The van der Waals surface area contributed by atoms with E-state index in [1.54, 1.807) is 0 Å². The van der Waals surface area contributed by atoms with E-state index in [1.807, 2.05) is 0 Å². The van der Waals surface area contributed by atoms with Gasteiger partial charge in [0.25, 0.3) is 0 Å². The van der Waals surface area contributed by atoms with Gasteiger partial charge in [-0.3, -0.25) is 4.90 Å². The molecule has 120 valence electrons. The van der Waals surface area contributed by atoms with Gasteiger partial charge in [-0.15, -0.1) is 0 Å². The van der Waals surface area contributed by atoms with Crippen LogP contribution in [0.15, 0.2) is 12.1 Å². The number of ether oxygens (including phenoxy) is 2. The van der Waals surface area contributed by atoms with Gasteiger partial charge in [-0.2, -0.15) is 0 Å². The molecule has 3 nitrogen and oxygen atoms in total. The van der Waals surface area contributed by atoms with Crippen LogP contribution in [-0.4, -0.2) is 44.4 Å². The minimum atomic E-state index is 0. The Bertz CT molecular complexity index is 414. The van der Waals surface area contributed by atoms with Gasteiger partial charge in [0.05, 0.1) is 13.2 Å². The lowest BCUT2D eigenvalue weighted by Crippen LogP contribution is -2.38. The van der Waals surface area contributed by atoms with E-state index in [4.69, 9.17) is 9.47 Å². The predicted molar refractivity (Wildman–Crippen MR) is 89.5 cm³/mol. The third-order valence-corrected chi connectivity index (χ3v) is 3.91. The molecular weight excluding hydrogens is 262 g/mol. The minimum absolute atomic E-state index is 0. The zero-order valence-corrected chi connectivity index (χ0v) is 13.2. The van der Waals surface area contributed by atoms with Crippen molar-refractivity contribution in [1.29, 1.82) is 0 Å². The molecule has 0 atom stereocenters. The molecule has 1 fully saturated rings. The van der Waals surface area contributed by atoms with Gasteiger partial charge in [0.15, 0.2) is 0 Å². The molecule has 1 aliphatic rings. The van der Waals surface area contributed by atoms with Crippen LogP contribution in [0.2, 0.25) is 0 Å². The average Bonchev–Trinajstić information content (AvgIpc) is 2.42. The highest BCUT2D eigenvalue weighted by molar-refractivity contribution is 5.44. The zero-order chi connectivity index (χ0) is 14.5. The molecule has 1 aromatic carbocycles. The molecule has 0 saturated carbocycles. The van der Waals surface area contributed by atoms with E-state index in [2.05, 4.69) is 44.7 Å². The summed E-state index contributed by atoms with van der Waals surface area (Å²) in [5.74, 6) is 1.62. The van der Waals surface area contributed by atoms with Crippen LogP contribution < -0.4 is 4.74 Å². The van der Waals surface area contributed by atoms with E-state index in [0.717, 1.165) is 45.2 Å². The van der Waals surface area contributed by atoms with Gasteiger partial charge in [-0.05, 0) is 36.5 Å². The van der Waals surface area contributed by atoms with Crippen molar-refractivity contribution in [2.24, 2.45) is 0 Å². The molecule has 2 rings (SSSR count). The van der Waals surface area contributed by atoms with Crippen LogP contribution in [-0.2, 0) is 4.74 Å². The van der Waals surface area contributed by atoms with Gasteiger partial charge in [0.1, 0.15) is 12.4 Å². The summed E-state index contributed by atoms with van der Waals surface area (Å²) < 4.78 is 11.4. The Hall–Kier alpha value is -1.06. The Morgan fingerprint density at radius 2 is 1.71 bits per heavy atom. The van der Waals surface area contributed by atoms with E-state index in [1.165, 1.54) is 16.7 Å². The van der Waals surface area contributed by atoms with Crippen LogP contribution in [0.1, 0.15) is 43.9 Å². The summed E-state index contributed by atoms with van der Waals surface area (Å²) in [5, 5.41) is 0. The van der Waals surface area contributed by atoms with Crippen LogP contribution >= 0.6 is 0 Å². The maximum Gasteiger partial charge on any atom is 0.125 e. The third kappa shape index (κ3) is 5.01. The SMILES string of the molecule is C.Cc1cc(C(C)C)cc(C)c1OCCN1CCOCC1. The molecule has 21 heavy (non-hydrogen) atoms.